The fraction of sp³-hybridized carbons (Fsp3) is 0.567. The second-order valence-electron chi connectivity index (χ2n) is 11.4. The van der Waals surface area contributed by atoms with E-state index in [0.29, 0.717) is 12.0 Å². The van der Waals surface area contributed by atoms with Crippen LogP contribution in [0.3, 0.4) is 0 Å². The second-order valence-corrected chi connectivity index (χ2v) is 11.4. The Labute approximate surface area is 287 Å². The van der Waals surface area contributed by atoms with Crippen LogP contribution in [0, 0.1) is 5.92 Å². The van der Waals surface area contributed by atoms with E-state index in [0.717, 1.165) is 6.92 Å². The molecule has 0 aliphatic rings. The van der Waals surface area contributed by atoms with Crippen molar-refractivity contribution in [2.24, 2.45) is 11.7 Å². The molecule has 0 radical (unpaired) electrons. The van der Waals surface area contributed by atoms with Crippen molar-refractivity contribution in [1.29, 1.82) is 0 Å². The van der Waals surface area contributed by atoms with E-state index in [9.17, 15) is 59.1 Å². The standard InChI is InChI=1S/C30H47N7O13/c1-4-14(2)23(31)29(48)36-21(13-40)27(46)34-18(9-16-5-7-17(42)8-6-16)26(45)35-19(11-38)25(44)32-10-22(43)33-20(12-39)28(47)37-24(15(3)41)30(49)50/h5-8,14-15,18-21,23-24,38-42H,4,9-13,31H2,1-3H3,(H,32,44)(H,33,43)(H,34,46)(H,35,45)(H,36,48)(H,37,47)(H,49,50)/t14-,15+,18-,19-,20-,21-,23-,24-/m0/s1. The Hall–Kier alpha value is -4.89. The lowest BCUT2D eigenvalue weighted by atomic mass is 9.99. The molecule has 8 atom stereocenters. The molecule has 14 N–H and O–H groups in total. The summed E-state index contributed by atoms with van der Waals surface area (Å²) < 4.78 is 0. The summed E-state index contributed by atoms with van der Waals surface area (Å²) in [4.78, 5) is 87.6. The number of aromatic hydroxyl groups is 1. The topological polar surface area (TPSA) is 339 Å². The van der Waals surface area contributed by atoms with Gasteiger partial charge < -0.3 is 68.3 Å². The third kappa shape index (κ3) is 13.9. The van der Waals surface area contributed by atoms with E-state index >= 15 is 0 Å². The monoisotopic (exact) mass is 713 g/mol. The molecule has 280 valence electrons. The van der Waals surface area contributed by atoms with E-state index in [1.54, 1.807) is 6.92 Å². The first-order chi connectivity index (χ1) is 23.5. The van der Waals surface area contributed by atoms with Crippen molar-refractivity contribution in [3.05, 3.63) is 29.8 Å². The van der Waals surface area contributed by atoms with Crippen LogP contribution in [0.5, 0.6) is 5.75 Å². The number of aliphatic carboxylic acids is 1. The van der Waals surface area contributed by atoms with Crippen molar-refractivity contribution >= 4 is 41.4 Å². The largest absolute Gasteiger partial charge is 0.508 e. The van der Waals surface area contributed by atoms with Crippen LogP contribution in [0.15, 0.2) is 24.3 Å². The number of rotatable bonds is 21. The number of carboxylic acid groups (broad SMARTS) is 1. The van der Waals surface area contributed by atoms with Crippen molar-refractivity contribution < 1.29 is 64.2 Å². The van der Waals surface area contributed by atoms with E-state index in [1.807, 2.05) is 12.2 Å². The number of amides is 6. The average Bonchev–Trinajstić information content (AvgIpc) is 3.08. The Morgan fingerprint density at radius 3 is 1.66 bits per heavy atom. The van der Waals surface area contributed by atoms with Crippen molar-refractivity contribution in [2.75, 3.05) is 26.4 Å². The number of hydrogen-bond donors (Lipinski definition) is 13. The van der Waals surface area contributed by atoms with Gasteiger partial charge in [0, 0.05) is 6.42 Å². The third-order valence-corrected chi connectivity index (χ3v) is 7.50. The van der Waals surface area contributed by atoms with Gasteiger partial charge in [-0.3, -0.25) is 28.8 Å². The number of hydrogen-bond acceptors (Lipinski definition) is 13. The highest BCUT2D eigenvalue weighted by atomic mass is 16.4. The van der Waals surface area contributed by atoms with Crippen LogP contribution in [0.1, 0.15) is 32.8 Å². The lowest BCUT2D eigenvalue weighted by Crippen LogP contribution is -2.60. The van der Waals surface area contributed by atoms with Gasteiger partial charge in [0.2, 0.25) is 35.4 Å². The van der Waals surface area contributed by atoms with Crippen LogP contribution in [0.2, 0.25) is 0 Å². The molecule has 6 amide bonds. The van der Waals surface area contributed by atoms with E-state index in [-0.39, 0.29) is 18.1 Å². The first-order valence-electron chi connectivity index (χ1n) is 15.5. The minimum atomic E-state index is -1.74. The molecule has 1 aromatic carbocycles. The van der Waals surface area contributed by atoms with Crippen LogP contribution in [-0.4, -0.2) is 141 Å². The summed E-state index contributed by atoms with van der Waals surface area (Å²) in [6.45, 7) is 0.966. The predicted octanol–water partition coefficient (Wildman–Crippen LogP) is -5.71. The minimum Gasteiger partial charge on any atom is -0.508 e. The van der Waals surface area contributed by atoms with E-state index in [2.05, 4.69) is 26.6 Å². The van der Waals surface area contributed by atoms with Gasteiger partial charge in [-0.05, 0) is 30.5 Å². The number of carbonyl (C=O) groups is 7. The third-order valence-electron chi connectivity index (χ3n) is 7.50. The molecule has 0 saturated carbocycles. The highest BCUT2D eigenvalue weighted by molar-refractivity contribution is 5.96. The number of carbonyl (C=O) groups excluding carboxylic acids is 6. The van der Waals surface area contributed by atoms with Crippen LogP contribution in [0.4, 0.5) is 0 Å². The zero-order valence-electron chi connectivity index (χ0n) is 27.8. The van der Waals surface area contributed by atoms with Gasteiger partial charge in [-0.15, -0.1) is 0 Å². The Morgan fingerprint density at radius 1 is 0.700 bits per heavy atom. The van der Waals surface area contributed by atoms with Gasteiger partial charge >= 0.3 is 5.97 Å². The molecule has 0 fully saturated rings. The van der Waals surface area contributed by atoms with Crippen LogP contribution >= 0.6 is 0 Å². The predicted molar refractivity (Wildman–Crippen MR) is 172 cm³/mol. The van der Waals surface area contributed by atoms with Gasteiger partial charge in [-0.1, -0.05) is 32.4 Å². The molecule has 0 bridgehead atoms. The van der Waals surface area contributed by atoms with Gasteiger partial charge in [0.05, 0.1) is 38.5 Å². The number of aliphatic hydroxyl groups excluding tert-OH is 4. The van der Waals surface area contributed by atoms with Crippen molar-refractivity contribution in [3.8, 4) is 5.75 Å². The zero-order valence-corrected chi connectivity index (χ0v) is 27.8. The van der Waals surface area contributed by atoms with Crippen LogP contribution in [-0.2, 0) is 40.0 Å². The molecule has 0 unspecified atom stereocenters. The average molecular weight is 714 g/mol. The molecule has 20 heteroatoms. The van der Waals surface area contributed by atoms with Crippen LogP contribution < -0.4 is 37.6 Å². The Balaban J connectivity index is 3.00. The second kappa shape index (κ2) is 21.3. The molecule has 0 spiro atoms. The van der Waals surface area contributed by atoms with Gasteiger partial charge in [-0.2, -0.15) is 0 Å². The van der Waals surface area contributed by atoms with Gasteiger partial charge in [-0.25, -0.2) is 4.79 Å². The summed E-state index contributed by atoms with van der Waals surface area (Å²) in [5, 5.41) is 70.4. The Bertz CT molecular complexity index is 1330. The number of benzene rings is 1. The first kappa shape index (κ1) is 43.1. The summed E-state index contributed by atoms with van der Waals surface area (Å²) in [6, 6.07) is -3.56. The van der Waals surface area contributed by atoms with Crippen LogP contribution in [0.25, 0.3) is 0 Å². The fourth-order valence-corrected chi connectivity index (χ4v) is 4.16. The number of phenols is 1. The Kier molecular flexibility index (Phi) is 18.3. The fourth-order valence-electron chi connectivity index (χ4n) is 4.16. The maximum Gasteiger partial charge on any atom is 0.328 e. The van der Waals surface area contributed by atoms with E-state index in [1.165, 1.54) is 24.3 Å². The van der Waals surface area contributed by atoms with E-state index < -0.39 is 110 Å². The highest BCUT2D eigenvalue weighted by Gasteiger charge is 2.32. The molecule has 0 saturated heterocycles. The SMILES string of the molecule is CC[C@H](C)[C@H](N)C(=O)N[C@@H](CO)C(=O)N[C@@H](Cc1ccc(O)cc1)C(=O)N[C@@H](CO)C(=O)NCC(=O)N[C@@H](CO)C(=O)N[C@H](C(=O)O)[C@@H](C)O. The number of carboxylic acids is 1. The summed E-state index contributed by atoms with van der Waals surface area (Å²) >= 11 is 0. The van der Waals surface area contributed by atoms with Crippen molar-refractivity contribution in [3.63, 3.8) is 0 Å². The van der Waals surface area contributed by atoms with Gasteiger partial charge in [0.15, 0.2) is 6.04 Å². The van der Waals surface area contributed by atoms with Gasteiger partial charge in [0.1, 0.15) is 29.9 Å². The molecule has 0 aliphatic heterocycles. The quantitative estimate of drug-likeness (QED) is 0.0565. The number of nitrogens with two attached hydrogens (primary N) is 1. The summed E-state index contributed by atoms with van der Waals surface area (Å²) in [7, 11) is 0. The van der Waals surface area contributed by atoms with Gasteiger partial charge in [0.25, 0.3) is 0 Å². The lowest BCUT2D eigenvalue weighted by Gasteiger charge is -2.25. The summed E-state index contributed by atoms with van der Waals surface area (Å²) in [5.41, 5.74) is 6.34. The number of aliphatic hydroxyl groups is 4. The summed E-state index contributed by atoms with van der Waals surface area (Å²) in [6.07, 6.45) is -1.18. The summed E-state index contributed by atoms with van der Waals surface area (Å²) in [5.74, 6) is -7.90. The van der Waals surface area contributed by atoms with Crippen molar-refractivity contribution in [1.82, 2.24) is 31.9 Å². The maximum absolute atomic E-state index is 13.3. The first-order valence-corrected chi connectivity index (χ1v) is 15.5. The zero-order chi connectivity index (χ0) is 38.1. The molecule has 50 heavy (non-hydrogen) atoms. The normalized spacial score (nSPS) is 15.8. The highest BCUT2D eigenvalue weighted by Crippen LogP contribution is 2.12. The minimum absolute atomic E-state index is 0.0873. The molecule has 0 aliphatic carbocycles. The number of nitrogens with one attached hydrogen (secondary N) is 6. The maximum atomic E-state index is 13.3. The molecule has 0 aromatic heterocycles. The molecule has 1 aromatic rings. The lowest BCUT2D eigenvalue weighted by molar-refractivity contribution is -0.145. The molecule has 0 heterocycles. The molecular formula is C30H47N7O13. The van der Waals surface area contributed by atoms with E-state index in [4.69, 9.17) is 10.8 Å². The number of phenolic OH excluding ortho intramolecular Hbond substituents is 1. The molecule has 20 nitrogen and oxygen atoms in total. The smallest absolute Gasteiger partial charge is 0.328 e. The molecule has 1 rings (SSSR count). The Morgan fingerprint density at radius 2 is 1.16 bits per heavy atom. The van der Waals surface area contributed by atoms with Crippen molar-refractivity contribution in [2.45, 2.75) is 76.0 Å². The molecular weight excluding hydrogens is 666 g/mol.